The van der Waals surface area contributed by atoms with Crippen LogP contribution in [0.2, 0.25) is 0 Å². The van der Waals surface area contributed by atoms with Gasteiger partial charge in [-0.3, -0.25) is 4.90 Å². The highest BCUT2D eigenvalue weighted by atomic mass is 32.1. The summed E-state index contributed by atoms with van der Waals surface area (Å²) >= 11 is 1.68. The van der Waals surface area contributed by atoms with Crippen molar-refractivity contribution >= 4 is 17.3 Å². The van der Waals surface area contributed by atoms with Crippen LogP contribution in [0.5, 0.6) is 0 Å². The number of aromatic nitrogens is 1. The van der Waals surface area contributed by atoms with Crippen molar-refractivity contribution in [2.45, 2.75) is 57.2 Å². The van der Waals surface area contributed by atoms with E-state index in [0.717, 1.165) is 49.6 Å². The van der Waals surface area contributed by atoms with Gasteiger partial charge in [-0.15, -0.1) is 11.3 Å². The third-order valence-electron chi connectivity index (χ3n) is 5.30. The minimum atomic E-state index is -5.08. The van der Waals surface area contributed by atoms with Gasteiger partial charge in [0, 0.05) is 37.0 Å². The number of piperidine rings is 1. The number of aryl methyl sites for hydroxylation is 1. The molecule has 1 N–H and O–H groups in total. The Kier molecular flexibility index (Phi) is 7.73. The second kappa shape index (κ2) is 10.1. The third kappa shape index (κ3) is 7.03. The Morgan fingerprint density at radius 1 is 1.42 bits per heavy atom. The van der Waals surface area contributed by atoms with E-state index in [2.05, 4.69) is 15.3 Å². The zero-order valence-electron chi connectivity index (χ0n) is 17.1. The molecular formula is C20H25F3N2O5S. The van der Waals surface area contributed by atoms with E-state index < -0.39 is 12.1 Å². The van der Waals surface area contributed by atoms with Crippen LogP contribution in [0, 0.1) is 6.92 Å². The second-order valence-corrected chi connectivity index (χ2v) is 8.76. The smallest absolute Gasteiger partial charge is 0.475 e. The van der Waals surface area contributed by atoms with Gasteiger partial charge in [0.25, 0.3) is 0 Å². The molecule has 2 aliphatic rings. The fourth-order valence-electron chi connectivity index (χ4n) is 3.70. The number of rotatable bonds is 5. The van der Waals surface area contributed by atoms with Crippen LogP contribution in [0.15, 0.2) is 28.4 Å². The molecule has 7 nitrogen and oxygen atoms in total. The van der Waals surface area contributed by atoms with Crippen LogP contribution in [0.1, 0.15) is 35.5 Å². The predicted molar refractivity (Wildman–Crippen MR) is 106 cm³/mol. The minimum absolute atomic E-state index is 0.0234. The first-order chi connectivity index (χ1) is 14.7. The van der Waals surface area contributed by atoms with Gasteiger partial charge in [0.2, 0.25) is 0 Å². The van der Waals surface area contributed by atoms with Crippen LogP contribution < -0.4 is 0 Å². The zero-order chi connectivity index (χ0) is 22.5. The number of carbonyl (C=O) groups is 1. The summed E-state index contributed by atoms with van der Waals surface area (Å²) < 4.78 is 49.1. The Balaban J connectivity index is 0.000000339. The average Bonchev–Trinajstić information content (AvgIpc) is 3.44. The monoisotopic (exact) mass is 462 g/mol. The summed E-state index contributed by atoms with van der Waals surface area (Å²) in [5, 5.41) is 10.3. The van der Waals surface area contributed by atoms with Gasteiger partial charge >= 0.3 is 12.1 Å². The molecule has 31 heavy (non-hydrogen) atoms. The van der Waals surface area contributed by atoms with Gasteiger partial charge in [-0.25, -0.2) is 9.78 Å². The van der Waals surface area contributed by atoms with E-state index in [1.807, 2.05) is 19.3 Å². The molecule has 4 rings (SSSR count). The Morgan fingerprint density at radius 2 is 2.13 bits per heavy atom. The first-order valence-corrected chi connectivity index (χ1v) is 10.7. The molecule has 2 aromatic rings. The van der Waals surface area contributed by atoms with E-state index >= 15 is 0 Å². The Labute approximate surface area is 181 Å². The van der Waals surface area contributed by atoms with Gasteiger partial charge in [-0.05, 0) is 25.8 Å². The van der Waals surface area contributed by atoms with Crippen LogP contribution in [0.25, 0.3) is 0 Å². The average molecular weight is 462 g/mol. The SMILES string of the molecule is Cc1nc(COC2COC3(CCN(Cc4ccoc4)CC3)C2)cs1.O=C(O)C(F)(F)F. The predicted octanol–water partition coefficient (Wildman–Crippen LogP) is 4.02. The lowest BCUT2D eigenvalue weighted by Crippen LogP contribution is -2.43. The molecule has 4 heterocycles. The highest BCUT2D eigenvalue weighted by molar-refractivity contribution is 7.09. The van der Waals surface area contributed by atoms with Gasteiger partial charge in [0.1, 0.15) is 0 Å². The molecular weight excluding hydrogens is 437 g/mol. The maximum absolute atomic E-state index is 10.6. The maximum Gasteiger partial charge on any atom is 0.490 e. The maximum atomic E-state index is 10.6. The normalized spacial score (nSPS) is 21.1. The van der Waals surface area contributed by atoms with Gasteiger partial charge in [-0.2, -0.15) is 13.2 Å². The minimum Gasteiger partial charge on any atom is -0.475 e. The number of carboxylic acids is 1. The molecule has 1 unspecified atom stereocenters. The Morgan fingerprint density at radius 3 is 2.68 bits per heavy atom. The molecule has 2 fully saturated rings. The van der Waals surface area contributed by atoms with Crippen molar-refractivity contribution in [1.82, 2.24) is 9.88 Å². The van der Waals surface area contributed by atoms with Crippen LogP contribution in [-0.2, 0) is 27.4 Å². The molecule has 1 atom stereocenters. The van der Waals surface area contributed by atoms with Gasteiger partial charge in [0.05, 0.1) is 48.1 Å². The van der Waals surface area contributed by atoms with Crippen molar-refractivity contribution in [2.75, 3.05) is 19.7 Å². The Hall–Kier alpha value is -1.95. The van der Waals surface area contributed by atoms with Crippen molar-refractivity contribution in [3.05, 3.63) is 40.2 Å². The Bertz CT molecular complexity index is 832. The lowest BCUT2D eigenvalue weighted by atomic mass is 9.88. The van der Waals surface area contributed by atoms with E-state index in [4.69, 9.17) is 23.8 Å². The first-order valence-electron chi connectivity index (χ1n) is 9.85. The zero-order valence-corrected chi connectivity index (χ0v) is 17.9. The van der Waals surface area contributed by atoms with Crippen molar-refractivity contribution in [2.24, 2.45) is 0 Å². The van der Waals surface area contributed by atoms with Crippen LogP contribution in [0.3, 0.4) is 0 Å². The fourth-order valence-corrected chi connectivity index (χ4v) is 4.29. The third-order valence-corrected chi connectivity index (χ3v) is 6.13. The molecule has 2 aliphatic heterocycles. The number of hydrogen-bond donors (Lipinski definition) is 1. The first kappa shape index (κ1) is 23.7. The largest absolute Gasteiger partial charge is 0.490 e. The summed E-state index contributed by atoms with van der Waals surface area (Å²) in [6.45, 7) is 6.45. The lowest BCUT2D eigenvalue weighted by Gasteiger charge is -2.38. The van der Waals surface area contributed by atoms with E-state index in [-0.39, 0.29) is 11.7 Å². The quantitative estimate of drug-likeness (QED) is 0.718. The summed E-state index contributed by atoms with van der Waals surface area (Å²) in [6.07, 6.45) is 1.87. The molecule has 0 aromatic carbocycles. The molecule has 2 aromatic heterocycles. The number of ether oxygens (including phenoxy) is 2. The molecule has 0 aliphatic carbocycles. The summed E-state index contributed by atoms with van der Waals surface area (Å²) in [7, 11) is 0. The number of halogens is 3. The summed E-state index contributed by atoms with van der Waals surface area (Å²) in [4.78, 5) is 15.8. The molecule has 11 heteroatoms. The number of carboxylic acid groups (broad SMARTS) is 1. The molecule has 0 bridgehead atoms. The van der Waals surface area contributed by atoms with Crippen molar-refractivity contribution in [3.8, 4) is 0 Å². The number of aliphatic carboxylic acids is 1. The highest BCUT2D eigenvalue weighted by Gasteiger charge is 2.43. The standard InChI is InChI=1S/C18H24N2O3S.C2HF3O2/c1-14-19-16(13-24-14)11-22-17-8-18(23-12-17)3-5-20(6-4-18)9-15-2-7-21-10-15;3-2(4,5)1(6)7/h2,7,10,13,17H,3-6,8-9,11-12H2,1H3;(H,6,7). The number of nitrogens with zero attached hydrogens (tertiary/aromatic N) is 2. The molecule has 172 valence electrons. The van der Waals surface area contributed by atoms with E-state index in [9.17, 15) is 13.2 Å². The van der Waals surface area contributed by atoms with E-state index in [0.29, 0.717) is 13.2 Å². The van der Waals surface area contributed by atoms with Crippen LogP contribution in [0.4, 0.5) is 13.2 Å². The molecule has 0 saturated carbocycles. The molecule has 2 saturated heterocycles. The number of hydrogen-bond acceptors (Lipinski definition) is 7. The highest BCUT2D eigenvalue weighted by Crippen LogP contribution is 2.37. The molecule has 0 amide bonds. The molecule has 1 spiro atoms. The van der Waals surface area contributed by atoms with Crippen LogP contribution >= 0.6 is 11.3 Å². The number of likely N-dealkylation sites (tertiary alicyclic amines) is 1. The van der Waals surface area contributed by atoms with E-state index in [1.54, 1.807) is 17.6 Å². The van der Waals surface area contributed by atoms with E-state index in [1.165, 1.54) is 5.56 Å². The van der Waals surface area contributed by atoms with Crippen LogP contribution in [-0.4, -0.2) is 58.5 Å². The lowest BCUT2D eigenvalue weighted by molar-refractivity contribution is -0.192. The number of furan rings is 1. The van der Waals surface area contributed by atoms with Crippen molar-refractivity contribution in [3.63, 3.8) is 0 Å². The van der Waals surface area contributed by atoms with Gasteiger partial charge in [0.15, 0.2) is 0 Å². The van der Waals surface area contributed by atoms with Crippen molar-refractivity contribution < 1.29 is 37.0 Å². The number of alkyl halides is 3. The topological polar surface area (TPSA) is 85.0 Å². The van der Waals surface area contributed by atoms with Gasteiger partial charge < -0.3 is 19.0 Å². The molecule has 0 radical (unpaired) electrons. The summed E-state index contributed by atoms with van der Waals surface area (Å²) in [5.41, 5.74) is 2.31. The second-order valence-electron chi connectivity index (χ2n) is 7.70. The summed E-state index contributed by atoms with van der Waals surface area (Å²) in [6, 6.07) is 2.04. The fraction of sp³-hybridized carbons (Fsp3) is 0.600. The summed E-state index contributed by atoms with van der Waals surface area (Å²) in [5.74, 6) is -2.76. The van der Waals surface area contributed by atoms with Gasteiger partial charge in [-0.1, -0.05) is 0 Å². The number of thiazole rings is 1. The van der Waals surface area contributed by atoms with Crippen molar-refractivity contribution in [1.29, 1.82) is 0 Å².